The summed E-state index contributed by atoms with van der Waals surface area (Å²) in [4.78, 5) is 40.2. The number of fused-ring (bicyclic) bond motifs is 1. The lowest BCUT2D eigenvalue weighted by atomic mass is 9.96. The van der Waals surface area contributed by atoms with E-state index in [1.807, 2.05) is 16.0 Å². The molecule has 2 saturated heterocycles. The molecule has 0 radical (unpaired) electrons. The second-order valence-corrected chi connectivity index (χ2v) is 8.76. The van der Waals surface area contributed by atoms with Crippen molar-refractivity contribution in [2.75, 3.05) is 39.3 Å². The Balaban J connectivity index is 1.38. The number of aromatic nitrogens is 2. The van der Waals surface area contributed by atoms with Gasteiger partial charge in [0.2, 0.25) is 11.8 Å². The summed E-state index contributed by atoms with van der Waals surface area (Å²) in [5, 5.41) is 0. The molecule has 4 heterocycles. The minimum Gasteiger partial charge on any atom is -0.341 e. The summed E-state index contributed by atoms with van der Waals surface area (Å²) in [6, 6.07) is 0. The van der Waals surface area contributed by atoms with Crippen molar-refractivity contribution in [3.8, 4) is 0 Å². The third-order valence-electron chi connectivity index (χ3n) is 6.59. The van der Waals surface area contributed by atoms with Gasteiger partial charge in [-0.2, -0.15) is 0 Å². The average Bonchev–Trinajstić information content (AvgIpc) is 3.01. The van der Waals surface area contributed by atoms with Gasteiger partial charge in [-0.15, -0.1) is 0 Å². The monoisotopic (exact) mass is 399 g/mol. The summed E-state index contributed by atoms with van der Waals surface area (Å²) < 4.78 is 0. The van der Waals surface area contributed by atoms with Crippen LogP contribution in [-0.4, -0.2) is 75.8 Å². The van der Waals surface area contributed by atoms with Crippen LogP contribution in [0.1, 0.15) is 68.4 Å². The molecule has 29 heavy (non-hydrogen) atoms. The topological polar surface area (TPSA) is 69.6 Å². The van der Waals surface area contributed by atoms with E-state index in [1.54, 1.807) is 6.92 Å². The number of likely N-dealkylation sites (tertiary alicyclic amines) is 2. The minimum absolute atomic E-state index is 0.102. The normalized spacial score (nSPS) is 23.4. The Morgan fingerprint density at radius 2 is 1.83 bits per heavy atom. The fraction of sp³-hybridized carbons (Fsp3) is 0.727. The first-order valence-corrected chi connectivity index (χ1v) is 11.2. The number of amides is 2. The molecule has 7 nitrogen and oxygen atoms in total. The highest BCUT2D eigenvalue weighted by Gasteiger charge is 2.29. The van der Waals surface area contributed by atoms with Crippen LogP contribution in [0.4, 0.5) is 0 Å². The minimum atomic E-state index is 0.102. The zero-order valence-electron chi connectivity index (χ0n) is 17.6. The Kier molecular flexibility index (Phi) is 6.43. The van der Waals surface area contributed by atoms with Gasteiger partial charge in [0.25, 0.3) is 0 Å². The molecular weight excluding hydrogens is 366 g/mol. The molecule has 0 aliphatic carbocycles. The van der Waals surface area contributed by atoms with Gasteiger partial charge in [-0.3, -0.25) is 14.5 Å². The van der Waals surface area contributed by atoms with Crippen LogP contribution in [0.2, 0.25) is 0 Å². The Morgan fingerprint density at radius 1 is 1.03 bits per heavy atom. The van der Waals surface area contributed by atoms with Gasteiger partial charge >= 0.3 is 0 Å². The van der Waals surface area contributed by atoms with E-state index in [-0.39, 0.29) is 17.7 Å². The molecule has 2 amide bonds. The van der Waals surface area contributed by atoms with Gasteiger partial charge in [0.1, 0.15) is 5.82 Å². The summed E-state index contributed by atoms with van der Waals surface area (Å²) in [6.45, 7) is 7.17. The second-order valence-electron chi connectivity index (χ2n) is 8.76. The van der Waals surface area contributed by atoms with Gasteiger partial charge < -0.3 is 9.80 Å². The zero-order chi connectivity index (χ0) is 20.2. The first-order chi connectivity index (χ1) is 14.1. The largest absolute Gasteiger partial charge is 0.341 e. The quantitative estimate of drug-likeness (QED) is 0.777. The molecule has 1 aromatic rings. The van der Waals surface area contributed by atoms with Crippen LogP contribution >= 0.6 is 0 Å². The van der Waals surface area contributed by atoms with Gasteiger partial charge in [-0.05, 0) is 38.8 Å². The molecule has 3 aliphatic rings. The highest BCUT2D eigenvalue weighted by Crippen LogP contribution is 2.26. The molecule has 1 aromatic heterocycles. The van der Waals surface area contributed by atoms with E-state index < -0.39 is 0 Å². The predicted molar refractivity (Wildman–Crippen MR) is 110 cm³/mol. The third-order valence-corrected chi connectivity index (χ3v) is 6.59. The van der Waals surface area contributed by atoms with E-state index in [0.717, 1.165) is 69.1 Å². The molecule has 0 saturated carbocycles. The lowest BCUT2D eigenvalue weighted by molar-refractivity contribution is -0.133. The molecule has 1 unspecified atom stereocenters. The lowest BCUT2D eigenvalue weighted by Gasteiger charge is -2.34. The van der Waals surface area contributed by atoms with Crippen LogP contribution in [-0.2, 0) is 22.6 Å². The molecule has 0 aromatic carbocycles. The van der Waals surface area contributed by atoms with Crippen molar-refractivity contribution in [2.24, 2.45) is 0 Å². The Hall–Kier alpha value is -2.02. The molecule has 3 aliphatic heterocycles. The molecule has 0 spiro atoms. The summed E-state index contributed by atoms with van der Waals surface area (Å²) in [6.07, 6.45) is 9.72. The van der Waals surface area contributed by atoms with E-state index >= 15 is 0 Å². The third kappa shape index (κ3) is 4.94. The van der Waals surface area contributed by atoms with Crippen LogP contribution in [0.25, 0.3) is 0 Å². The smallest absolute Gasteiger partial charge is 0.236 e. The van der Waals surface area contributed by atoms with Crippen molar-refractivity contribution in [3.05, 3.63) is 23.3 Å². The number of nitrogens with zero attached hydrogens (tertiary/aromatic N) is 5. The lowest BCUT2D eigenvalue weighted by Crippen LogP contribution is -2.45. The number of carbonyl (C=O) groups is 2. The first kappa shape index (κ1) is 20.3. The van der Waals surface area contributed by atoms with Crippen molar-refractivity contribution in [3.63, 3.8) is 0 Å². The van der Waals surface area contributed by atoms with E-state index in [1.165, 1.54) is 25.7 Å². The number of piperidine rings is 1. The van der Waals surface area contributed by atoms with Crippen LogP contribution in [0.15, 0.2) is 6.20 Å². The Labute approximate surface area is 173 Å². The molecular formula is C22H33N5O2. The maximum atomic E-state index is 12.9. The fourth-order valence-corrected chi connectivity index (χ4v) is 4.80. The molecule has 4 rings (SSSR count). The average molecular weight is 400 g/mol. The highest BCUT2D eigenvalue weighted by atomic mass is 16.2. The second kappa shape index (κ2) is 9.20. The van der Waals surface area contributed by atoms with Gasteiger partial charge in [0.05, 0.1) is 12.2 Å². The van der Waals surface area contributed by atoms with Crippen molar-refractivity contribution in [1.82, 2.24) is 24.7 Å². The fourth-order valence-electron chi connectivity index (χ4n) is 4.80. The summed E-state index contributed by atoms with van der Waals surface area (Å²) in [5.74, 6) is 1.44. The molecule has 2 fully saturated rings. The van der Waals surface area contributed by atoms with Crippen LogP contribution in [0.3, 0.4) is 0 Å². The number of hydrogen-bond donors (Lipinski definition) is 0. The number of hydrogen-bond acceptors (Lipinski definition) is 5. The molecule has 1 atom stereocenters. The molecule has 158 valence electrons. The van der Waals surface area contributed by atoms with Crippen molar-refractivity contribution < 1.29 is 9.59 Å². The molecule has 0 N–H and O–H groups in total. The van der Waals surface area contributed by atoms with E-state index in [2.05, 4.69) is 9.88 Å². The van der Waals surface area contributed by atoms with E-state index in [4.69, 9.17) is 4.98 Å². The van der Waals surface area contributed by atoms with Crippen molar-refractivity contribution in [2.45, 2.75) is 64.3 Å². The maximum Gasteiger partial charge on any atom is 0.236 e. The van der Waals surface area contributed by atoms with Crippen LogP contribution in [0, 0.1) is 0 Å². The van der Waals surface area contributed by atoms with Crippen LogP contribution in [0.5, 0.6) is 0 Å². The highest BCUT2D eigenvalue weighted by molar-refractivity contribution is 5.78. The number of carbonyl (C=O) groups excluding carboxylic acids is 2. The summed E-state index contributed by atoms with van der Waals surface area (Å²) >= 11 is 0. The summed E-state index contributed by atoms with van der Waals surface area (Å²) in [7, 11) is 0. The maximum absolute atomic E-state index is 12.9. The van der Waals surface area contributed by atoms with E-state index in [0.29, 0.717) is 13.1 Å². The van der Waals surface area contributed by atoms with Gasteiger partial charge in [-0.1, -0.05) is 12.8 Å². The SMILES string of the molecule is CC(=O)N1CCc2nc(C3CCCN(C(=O)CN4CCCCCC4)C3)ncc2C1. The molecule has 7 heteroatoms. The van der Waals surface area contributed by atoms with Gasteiger partial charge in [0, 0.05) is 57.2 Å². The Morgan fingerprint density at radius 3 is 2.59 bits per heavy atom. The molecule has 0 bridgehead atoms. The van der Waals surface area contributed by atoms with Crippen molar-refractivity contribution in [1.29, 1.82) is 0 Å². The predicted octanol–water partition coefficient (Wildman–Crippen LogP) is 1.96. The standard InChI is InChI=1S/C22H33N5O2/c1-17(28)26-12-8-20-19(15-26)13-23-22(24-20)18-7-6-11-27(14-18)21(29)16-25-9-4-2-3-5-10-25/h13,18H,2-12,14-16H2,1H3. The first-order valence-electron chi connectivity index (χ1n) is 11.2. The summed E-state index contributed by atoms with van der Waals surface area (Å²) in [5.41, 5.74) is 2.13. The zero-order valence-corrected chi connectivity index (χ0v) is 17.6. The van der Waals surface area contributed by atoms with E-state index in [9.17, 15) is 9.59 Å². The van der Waals surface area contributed by atoms with Crippen LogP contribution < -0.4 is 0 Å². The Bertz CT molecular complexity index is 745. The van der Waals surface area contributed by atoms with Gasteiger partial charge in [-0.25, -0.2) is 9.97 Å². The number of rotatable bonds is 3. The van der Waals surface area contributed by atoms with Gasteiger partial charge in [0.15, 0.2) is 0 Å². The van der Waals surface area contributed by atoms with Crippen molar-refractivity contribution >= 4 is 11.8 Å².